The lowest BCUT2D eigenvalue weighted by Gasteiger charge is -2.13. The van der Waals surface area contributed by atoms with E-state index in [-0.39, 0.29) is 12.2 Å². The number of thiophene rings is 1. The van der Waals surface area contributed by atoms with Gasteiger partial charge in [0.2, 0.25) is 0 Å². The highest BCUT2D eigenvalue weighted by Crippen LogP contribution is 2.24. The highest BCUT2D eigenvalue weighted by Gasteiger charge is 2.19. The quantitative estimate of drug-likeness (QED) is 0.422. The number of aromatic nitrogens is 2. The lowest BCUT2D eigenvalue weighted by Crippen LogP contribution is -2.10. The van der Waals surface area contributed by atoms with Gasteiger partial charge in [-0.2, -0.15) is 0 Å². The van der Waals surface area contributed by atoms with Crippen LogP contribution in [0.2, 0.25) is 5.02 Å². The standard InChI is InChI=1S/C23H25ClN2O3S/c1-2-3-10-22-25-20(15-27)21(26(22)14-16-7-4-5-9-19(16)24)13-17(23(28)29)12-18-8-6-11-30-18/h4-9,11,13,27H,2-3,10,12,14-15H2,1H3,(H,28,29). The van der Waals surface area contributed by atoms with Crippen molar-refractivity contribution in [2.24, 2.45) is 0 Å². The van der Waals surface area contributed by atoms with Crippen LogP contribution in [0.5, 0.6) is 0 Å². The minimum atomic E-state index is -0.979. The number of nitrogens with zero attached hydrogens (tertiary/aromatic N) is 2. The summed E-state index contributed by atoms with van der Waals surface area (Å²) in [4.78, 5) is 17.6. The molecule has 0 saturated heterocycles. The Morgan fingerprint density at radius 1 is 1.27 bits per heavy atom. The van der Waals surface area contributed by atoms with Gasteiger partial charge in [0.15, 0.2) is 0 Å². The number of carboxylic acid groups (broad SMARTS) is 1. The normalized spacial score (nSPS) is 11.8. The Labute approximate surface area is 185 Å². The van der Waals surface area contributed by atoms with Gasteiger partial charge in [0, 0.05) is 28.3 Å². The number of rotatable bonds is 10. The Hall–Kier alpha value is -2.41. The molecule has 0 spiro atoms. The summed E-state index contributed by atoms with van der Waals surface area (Å²) in [5, 5.41) is 22.3. The molecule has 0 amide bonds. The van der Waals surface area contributed by atoms with E-state index in [1.807, 2.05) is 46.3 Å². The van der Waals surface area contributed by atoms with Crippen LogP contribution in [0.4, 0.5) is 0 Å². The van der Waals surface area contributed by atoms with Crippen molar-refractivity contribution in [3.8, 4) is 0 Å². The van der Waals surface area contributed by atoms with Gasteiger partial charge in [-0.15, -0.1) is 11.3 Å². The van der Waals surface area contributed by atoms with Crippen LogP contribution in [0.1, 0.15) is 47.4 Å². The van der Waals surface area contributed by atoms with Crippen molar-refractivity contribution in [2.75, 3.05) is 0 Å². The second-order valence-electron chi connectivity index (χ2n) is 7.03. The first-order valence-corrected chi connectivity index (χ1v) is 11.2. The molecule has 0 aliphatic rings. The number of aryl methyl sites for hydroxylation is 1. The maximum absolute atomic E-state index is 12.0. The van der Waals surface area contributed by atoms with Crippen molar-refractivity contribution in [2.45, 2.75) is 45.8 Å². The third-order valence-corrected chi connectivity index (χ3v) is 6.13. The number of carboxylic acids is 1. The predicted octanol–water partition coefficient (Wildman–Crippen LogP) is 5.19. The summed E-state index contributed by atoms with van der Waals surface area (Å²) >= 11 is 7.90. The number of hydrogen-bond donors (Lipinski definition) is 2. The van der Waals surface area contributed by atoms with Gasteiger partial charge in [0.05, 0.1) is 24.5 Å². The molecule has 0 saturated carbocycles. The monoisotopic (exact) mass is 444 g/mol. The van der Waals surface area contributed by atoms with Crippen LogP contribution in [0.3, 0.4) is 0 Å². The van der Waals surface area contributed by atoms with Gasteiger partial charge in [-0.3, -0.25) is 0 Å². The van der Waals surface area contributed by atoms with E-state index in [4.69, 9.17) is 11.6 Å². The van der Waals surface area contributed by atoms with Gasteiger partial charge in [0.25, 0.3) is 0 Å². The van der Waals surface area contributed by atoms with Crippen LogP contribution < -0.4 is 0 Å². The summed E-state index contributed by atoms with van der Waals surface area (Å²) in [6, 6.07) is 11.4. The summed E-state index contributed by atoms with van der Waals surface area (Å²) in [6.07, 6.45) is 4.67. The summed E-state index contributed by atoms with van der Waals surface area (Å²) in [5.74, 6) is -0.152. The van der Waals surface area contributed by atoms with E-state index in [0.717, 1.165) is 35.5 Å². The number of aliphatic hydroxyl groups excluding tert-OH is 1. The van der Waals surface area contributed by atoms with Crippen molar-refractivity contribution in [1.29, 1.82) is 0 Å². The fraction of sp³-hybridized carbons (Fsp3) is 0.304. The second-order valence-corrected chi connectivity index (χ2v) is 8.47. The molecule has 1 aromatic carbocycles. The van der Waals surface area contributed by atoms with E-state index in [2.05, 4.69) is 11.9 Å². The SMILES string of the molecule is CCCCc1nc(CO)c(C=C(Cc2cccs2)C(=O)O)n1Cc1ccccc1Cl. The van der Waals surface area contributed by atoms with Crippen molar-refractivity contribution < 1.29 is 15.0 Å². The van der Waals surface area contributed by atoms with E-state index < -0.39 is 5.97 Å². The van der Waals surface area contributed by atoms with Gasteiger partial charge in [-0.05, 0) is 35.6 Å². The van der Waals surface area contributed by atoms with E-state index in [0.29, 0.717) is 29.4 Å². The van der Waals surface area contributed by atoms with E-state index in [1.165, 1.54) is 11.3 Å². The Bertz CT molecular complexity index is 1030. The lowest BCUT2D eigenvalue weighted by molar-refractivity contribution is -0.132. The molecule has 0 aliphatic heterocycles. The predicted molar refractivity (Wildman–Crippen MR) is 121 cm³/mol. The third kappa shape index (κ3) is 5.39. The molecule has 30 heavy (non-hydrogen) atoms. The number of imidazole rings is 1. The summed E-state index contributed by atoms with van der Waals surface area (Å²) in [7, 11) is 0. The van der Waals surface area contributed by atoms with Crippen LogP contribution in [0.25, 0.3) is 6.08 Å². The first-order valence-electron chi connectivity index (χ1n) is 9.92. The molecular formula is C23H25ClN2O3S. The zero-order chi connectivity index (χ0) is 21.5. The minimum Gasteiger partial charge on any atom is -0.478 e. The molecule has 0 bridgehead atoms. The summed E-state index contributed by atoms with van der Waals surface area (Å²) in [5.41, 5.74) is 2.29. The number of carbonyl (C=O) groups is 1. The second kappa shape index (κ2) is 10.6. The molecule has 5 nitrogen and oxygen atoms in total. The third-order valence-electron chi connectivity index (χ3n) is 4.88. The first-order chi connectivity index (χ1) is 14.5. The van der Waals surface area contributed by atoms with Gasteiger partial charge >= 0.3 is 5.97 Å². The number of halogens is 1. The average molecular weight is 445 g/mol. The Morgan fingerprint density at radius 2 is 2.07 bits per heavy atom. The molecule has 3 rings (SSSR count). The Kier molecular flexibility index (Phi) is 7.85. The zero-order valence-electron chi connectivity index (χ0n) is 16.8. The van der Waals surface area contributed by atoms with Gasteiger partial charge in [-0.1, -0.05) is 49.2 Å². The van der Waals surface area contributed by atoms with Crippen molar-refractivity contribution in [3.05, 3.63) is 80.0 Å². The van der Waals surface area contributed by atoms with Crippen molar-refractivity contribution in [1.82, 2.24) is 9.55 Å². The maximum atomic E-state index is 12.0. The average Bonchev–Trinajstić information content (AvgIpc) is 3.36. The number of hydrogen-bond acceptors (Lipinski definition) is 4. The molecule has 0 fully saturated rings. The van der Waals surface area contributed by atoms with E-state index in [9.17, 15) is 15.0 Å². The van der Waals surface area contributed by atoms with Crippen LogP contribution in [0, 0.1) is 0 Å². The largest absolute Gasteiger partial charge is 0.478 e. The highest BCUT2D eigenvalue weighted by atomic mass is 35.5. The molecule has 0 aliphatic carbocycles. The molecule has 2 aromatic heterocycles. The molecule has 7 heteroatoms. The minimum absolute atomic E-state index is 0.258. The molecule has 0 unspecified atom stereocenters. The van der Waals surface area contributed by atoms with Crippen molar-refractivity contribution in [3.63, 3.8) is 0 Å². The molecule has 2 N–H and O–H groups in total. The number of aliphatic hydroxyl groups is 1. The van der Waals surface area contributed by atoms with E-state index >= 15 is 0 Å². The Morgan fingerprint density at radius 3 is 2.70 bits per heavy atom. The fourth-order valence-electron chi connectivity index (χ4n) is 3.30. The van der Waals surface area contributed by atoms with Gasteiger partial charge in [-0.25, -0.2) is 9.78 Å². The number of benzene rings is 1. The number of unbranched alkanes of at least 4 members (excludes halogenated alkanes) is 1. The molecule has 3 aromatic rings. The first kappa shape index (κ1) is 22.3. The van der Waals surface area contributed by atoms with Crippen LogP contribution in [-0.4, -0.2) is 25.7 Å². The molecule has 2 heterocycles. The zero-order valence-corrected chi connectivity index (χ0v) is 18.4. The van der Waals surface area contributed by atoms with Crippen molar-refractivity contribution >= 4 is 35.0 Å². The fourth-order valence-corrected chi connectivity index (χ4v) is 4.22. The molecule has 0 radical (unpaired) electrons. The summed E-state index contributed by atoms with van der Waals surface area (Å²) in [6.45, 7) is 2.31. The van der Waals surface area contributed by atoms with Crippen LogP contribution in [0.15, 0.2) is 47.4 Å². The Balaban J connectivity index is 2.09. The number of aliphatic carboxylic acids is 1. The molecule has 0 atom stereocenters. The van der Waals surface area contributed by atoms with Crippen LogP contribution in [-0.2, 0) is 30.8 Å². The molecule has 158 valence electrons. The van der Waals surface area contributed by atoms with Crippen LogP contribution >= 0.6 is 22.9 Å². The van der Waals surface area contributed by atoms with E-state index in [1.54, 1.807) is 6.08 Å². The smallest absolute Gasteiger partial charge is 0.332 e. The molecular weight excluding hydrogens is 420 g/mol. The lowest BCUT2D eigenvalue weighted by atomic mass is 10.1. The maximum Gasteiger partial charge on any atom is 0.332 e. The summed E-state index contributed by atoms with van der Waals surface area (Å²) < 4.78 is 1.99. The topological polar surface area (TPSA) is 75.3 Å². The van der Waals surface area contributed by atoms with Gasteiger partial charge < -0.3 is 14.8 Å². The van der Waals surface area contributed by atoms with Gasteiger partial charge in [0.1, 0.15) is 5.82 Å². The highest BCUT2D eigenvalue weighted by molar-refractivity contribution is 7.09.